The maximum Gasteiger partial charge on any atom is 0.260 e. The third-order valence-corrected chi connectivity index (χ3v) is 4.48. The average molecular weight is 354 g/mol. The molecule has 0 aliphatic carbocycles. The van der Waals surface area contributed by atoms with Crippen LogP contribution in [-0.2, 0) is 11.3 Å². The van der Waals surface area contributed by atoms with E-state index in [1.807, 2.05) is 37.3 Å². The first-order valence-electron chi connectivity index (χ1n) is 7.82. The van der Waals surface area contributed by atoms with Crippen LogP contribution in [0.1, 0.15) is 17.0 Å². The lowest BCUT2D eigenvalue weighted by Gasteiger charge is -2.07. The quantitative estimate of drug-likeness (QED) is 0.685. The Balaban J connectivity index is 1.58. The Hall–Kier alpha value is -2.67. The number of nitrogens with one attached hydrogen (secondary N) is 1. The van der Waals surface area contributed by atoms with Gasteiger partial charge in [-0.25, -0.2) is 4.98 Å². The van der Waals surface area contributed by atoms with Crippen LogP contribution < -0.4 is 5.32 Å². The molecular formula is C18H18N4O2S. The summed E-state index contributed by atoms with van der Waals surface area (Å²) in [5, 5.41) is 7.40. The number of pyridine rings is 1. The average Bonchev–Trinajstić information content (AvgIpc) is 3.06. The first-order chi connectivity index (χ1) is 12.1. The van der Waals surface area contributed by atoms with Crippen LogP contribution in [0, 0.1) is 13.8 Å². The highest BCUT2D eigenvalue weighted by atomic mass is 32.2. The summed E-state index contributed by atoms with van der Waals surface area (Å²) in [5.74, 6) is 1.19. The van der Waals surface area contributed by atoms with Crippen molar-refractivity contribution in [2.24, 2.45) is 0 Å². The first kappa shape index (κ1) is 17.2. The molecule has 2 aromatic heterocycles. The number of thioether (sulfide) groups is 1. The Morgan fingerprint density at radius 2 is 2.00 bits per heavy atom. The predicted molar refractivity (Wildman–Crippen MR) is 96.0 cm³/mol. The van der Waals surface area contributed by atoms with Crippen molar-refractivity contribution < 1.29 is 9.32 Å². The Kier molecular flexibility index (Phi) is 5.45. The second-order valence-corrected chi connectivity index (χ2v) is 6.52. The lowest BCUT2D eigenvalue weighted by atomic mass is 10.1. The van der Waals surface area contributed by atoms with Crippen LogP contribution in [-0.4, -0.2) is 26.8 Å². The standard InChI is InChI=1S/C18H18N4O2S/c1-12-5-7-14(8-6-12)10-20-16(23)11-25-18-15(4-3-9-19-18)17-21-13(2)22-24-17/h3-9H,10-11H2,1-2H3,(H,20,23). The molecule has 0 bridgehead atoms. The van der Waals surface area contributed by atoms with Crippen molar-refractivity contribution in [3.63, 3.8) is 0 Å². The SMILES string of the molecule is Cc1ccc(CNC(=O)CSc2ncccc2-c2nc(C)no2)cc1. The molecule has 1 amide bonds. The van der Waals surface area contributed by atoms with E-state index in [0.29, 0.717) is 23.3 Å². The second kappa shape index (κ2) is 7.94. The van der Waals surface area contributed by atoms with Gasteiger partial charge in [-0.1, -0.05) is 46.7 Å². The molecule has 3 aromatic rings. The second-order valence-electron chi connectivity index (χ2n) is 5.55. The van der Waals surface area contributed by atoms with Gasteiger partial charge in [0.25, 0.3) is 5.89 Å². The maximum atomic E-state index is 12.1. The van der Waals surface area contributed by atoms with E-state index in [1.54, 1.807) is 19.2 Å². The fraction of sp³-hybridized carbons (Fsp3) is 0.222. The largest absolute Gasteiger partial charge is 0.351 e. The van der Waals surface area contributed by atoms with Crippen LogP contribution in [0.3, 0.4) is 0 Å². The van der Waals surface area contributed by atoms with Crippen molar-refractivity contribution in [3.8, 4) is 11.5 Å². The van der Waals surface area contributed by atoms with Crippen LogP contribution in [0.2, 0.25) is 0 Å². The molecule has 2 heterocycles. The Bertz CT molecular complexity index is 862. The zero-order chi connectivity index (χ0) is 17.6. The van der Waals surface area contributed by atoms with Crippen LogP contribution >= 0.6 is 11.8 Å². The smallest absolute Gasteiger partial charge is 0.260 e. The van der Waals surface area contributed by atoms with Gasteiger partial charge in [0, 0.05) is 12.7 Å². The number of benzene rings is 1. The fourth-order valence-corrected chi connectivity index (χ4v) is 2.98. The number of nitrogens with zero attached hydrogens (tertiary/aromatic N) is 3. The first-order valence-corrected chi connectivity index (χ1v) is 8.81. The molecular weight excluding hydrogens is 336 g/mol. The van der Waals surface area contributed by atoms with E-state index in [9.17, 15) is 4.79 Å². The van der Waals surface area contributed by atoms with Crippen LogP contribution in [0.15, 0.2) is 52.1 Å². The summed E-state index contributed by atoms with van der Waals surface area (Å²) in [5.41, 5.74) is 3.01. The van der Waals surface area contributed by atoms with Gasteiger partial charge in [0.15, 0.2) is 5.82 Å². The molecule has 7 heteroatoms. The zero-order valence-electron chi connectivity index (χ0n) is 14.0. The van der Waals surface area contributed by atoms with Gasteiger partial charge in [-0.3, -0.25) is 4.79 Å². The number of carbonyl (C=O) groups excluding carboxylic acids is 1. The molecule has 0 fully saturated rings. The van der Waals surface area contributed by atoms with E-state index in [1.165, 1.54) is 17.3 Å². The summed E-state index contributed by atoms with van der Waals surface area (Å²) in [4.78, 5) is 20.6. The normalized spacial score (nSPS) is 10.6. The van der Waals surface area contributed by atoms with Crippen LogP contribution in [0.4, 0.5) is 0 Å². The van der Waals surface area contributed by atoms with Crippen molar-refractivity contribution in [3.05, 3.63) is 59.5 Å². The van der Waals surface area contributed by atoms with Gasteiger partial charge in [-0.2, -0.15) is 4.98 Å². The van der Waals surface area contributed by atoms with E-state index in [2.05, 4.69) is 20.4 Å². The molecule has 0 saturated heterocycles. The highest BCUT2D eigenvalue weighted by Crippen LogP contribution is 2.28. The number of hydrogen-bond acceptors (Lipinski definition) is 6. The minimum absolute atomic E-state index is 0.0520. The minimum Gasteiger partial charge on any atom is -0.351 e. The van der Waals surface area contributed by atoms with Crippen LogP contribution in [0.5, 0.6) is 0 Å². The number of carbonyl (C=O) groups is 1. The van der Waals surface area contributed by atoms with Gasteiger partial charge in [0.1, 0.15) is 5.03 Å². The molecule has 0 aliphatic rings. The van der Waals surface area contributed by atoms with Gasteiger partial charge >= 0.3 is 0 Å². The Morgan fingerprint density at radius 1 is 1.20 bits per heavy atom. The monoisotopic (exact) mass is 354 g/mol. The van der Waals surface area contributed by atoms with Gasteiger partial charge in [-0.15, -0.1) is 0 Å². The molecule has 0 aliphatic heterocycles. The number of hydrogen-bond donors (Lipinski definition) is 1. The van der Waals surface area contributed by atoms with Gasteiger partial charge < -0.3 is 9.84 Å². The van der Waals surface area contributed by atoms with E-state index in [0.717, 1.165) is 11.1 Å². The number of rotatable bonds is 6. The molecule has 1 aromatic carbocycles. The lowest BCUT2D eigenvalue weighted by molar-refractivity contribution is -0.118. The van der Waals surface area contributed by atoms with Gasteiger partial charge in [0.2, 0.25) is 5.91 Å². The molecule has 0 unspecified atom stereocenters. The van der Waals surface area contributed by atoms with Crippen molar-refractivity contribution in [2.45, 2.75) is 25.4 Å². The lowest BCUT2D eigenvalue weighted by Crippen LogP contribution is -2.24. The van der Waals surface area contributed by atoms with Crippen molar-refractivity contribution >= 4 is 17.7 Å². The van der Waals surface area contributed by atoms with Gasteiger partial charge in [-0.05, 0) is 31.5 Å². The van der Waals surface area contributed by atoms with Gasteiger partial charge in [0.05, 0.1) is 11.3 Å². The third kappa shape index (κ3) is 4.67. The summed E-state index contributed by atoms with van der Waals surface area (Å²) < 4.78 is 5.20. The molecule has 25 heavy (non-hydrogen) atoms. The highest BCUT2D eigenvalue weighted by Gasteiger charge is 2.14. The third-order valence-electron chi connectivity index (χ3n) is 3.48. The highest BCUT2D eigenvalue weighted by molar-refractivity contribution is 8.00. The number of amides is 1. The summed E-state index contributed by atoms with van der Waals surface area (Å²) in [6, 6.07) is 11.7. The molecule has 0 saturated carbocycles. The van der Waals surface area contributed by atoms with Crippen molar-refractivity contribution in [1.82, 2.24) is 20.4 Å². The summed E-state index contributed by atoms with van der Waals surface area (Å²) in [6.45, 7) is 4.31. The molecule has 0 atom stereocenters. The molecule has 128 valence electrons. The van der Waals surface area contributed by atoms with E-state index in [-0.39, 0.29) is 11.7 Å². The molecule has 6 nitrogen and oxygen atoms in total. The summed E-state index contributed by atoms with van der Waals surface area (Å²) >= 11 is 1.35. The van der Waals surface area contributed by atoms with Crippen molar-refractivity contribution in [1.29, 1.82) is 0 Å². The van der Waals surface area contributed by atoms with Crippen LogP contribution in [0.25, 0.3) is 11.5 Å². The molecule has 3 rings (SSSR count). The summed E-state index contributed by atoms with van der Waals surface area (Å²) in [7, 11) is 0. The fourth-order valence-electron chi connectivity index (χ4n) is 2.17. The number of aryl methyl sites for hydroxylation is 2. The summed E-state index contributed by atoms with van der Waals surface area (Å²) in [6.07, 6.45) is 1.68. The van der Waals surface area contributed by atoms with E-state index in [4.69, 9.17) is 4.52 Å². The van der Waals surface area contributed by atoms with Crippen molar-refractivity contribution in [2.75, 3.05) is 5.75 Å². The maximum absolute atomic E-state index is 12.1. The molecule has 0 spiro atoms. The molecule has 1 N–H and O–H groups in total. The minimum atomic E-state index is -0.0520. The molecule has 0 radical (unpaired) electrons. The predicted octanol–water partition coefficient (Wildman–Crippen LogP) is 3.16. The zero-order valence-corrected chi connectivity index (χ0v) is 14.8. The topological polar surface area (TPSA) is 80.9 Å². The van der Waals surface area contributed by atoms with E-state index >= 15 is 0 Å². The van der Waals surface area contributed by atoms with E-state index < -0.39 is 0 Å². The number of aromatic nitrogens is 3. The Labute approximate surface area is 150 Å². The Morgan fingerprint density at radius 3 is 2.72 bits per heavy atom.